The van der Waals surface area contributed by atoms with Gasteiger partial charge in [-0.05, 0) is 57.7 Å². The van der Waals surface area contributed by atoms with Crippen molar-refractivity contribution in [2.75, 3.05) is 6.61 Å². The zero-order valence-corrected chi connectivity index (χ0v) is 15.6. The monoisotopic (exact) mass is 509 g/mol. The summed E-state index contributed by atoms with van der Waals surface area (Å²) in [5, 5.41) is 0. The number of ether oxygens (including phenoxy) is 1. The molecular weight excluding hydrogens is 496 g/mol. The second-order valence-corrected chi connectivity index (χ2v) is 6.62. The highest BCUT2D eigenvalue weighted by atomic mass is 127. The molecule has 0 unspecified atom stereocenters. The Kier molecular flexibility index (Phi) is 5.80. The van der Waals surface area contributed by atoms with Gasteiger partial charge in [-0.25, -0.2) is 4.79 Å². The molecule has 2 aromatic rings. The van der Waals surface area contributed by atoms with Gasteiger partial charge in [0, 0.05) is 12.4 Å². The van der Waals surface area contributed by atoms with Crippen molar-refractivity contribution in [3.05, 3.63) is 65.7 Å². The van der Waals surface area contributed by atoms with Crippen molar-refractivity contribution in [3.8, 4) is 0 Å². The number of hydrogen-bond donors (Lipinski definition) is 0. The van der Waals surface area contributed by atoms with E-state index in [9.17, 15) is 9.59 Å². The number of pyridine rings is 1. The fourth-order valence-corrected chi connectivity index (χ4v) is 3.71. The molecule has 0 aliphatic carbocycles. The molecule has 0 saturated carbocycles. The number of carbonyl (C=O) groups is 1. The predicted octanol–water partition coefficient (Wildman–Crippen LogP) is 3.21. The van der Waals surface area contributed by atoms with Gasteiger partial charge in [-0.15, -0.1) is 0 Å². The Labute approximate surface area is 149 Å². The fraction of sp³-hybridized carbons (Fsp3) is 0.200. The normalized spacial score (nSPS) is 12.0. The van der Waals surface area contributed by atoms with Gasteiger partial charge in [-0.3, -0.25) is 4.79 Å². The van der Waals surface area contributed by atoms with E-state index in [1.807, 2.05) is 75.5 Å². The van der Waals surface area contributed by atoms with Crippen LogP contribution in [-0.4, -0.2) is 17.1 Å². The number of hydrogen-bond acceptors (Lipinski definition) is 3. The lowest BCUT2D eigenvalue weighted by Gasteiger charge is -2.20. The van der Waals surface area contributed by atoms with Crippen LogP contribution >= 0.6 is 45.2 Å². The van der Waals surface area contributed by atoms with Crippen LogP contribution in [0.3, 0.4) is 0 Å². The highest BCUT2D eigenvalue weighted by Crippen LogP contribution is 2.21. The third-order valence-electron chi connectivity index (χ3n) is 2.88. The van der Waals surface area contributed by atoms with Crippen LogP contribution < -0.4 is 5.43 Å². The first-order valence-corrected chi connectivity index (χ1v) is 8.48. The zero-order valence-electron chi connectivity index (χ0n) is 11.3. The summed E-state index contributed by atoms with van der Waals surface area (Å²) in [6.07, 6.45) is 3.36. The van der Waals surface area contributed by atoms with Crippen molar-refractivity contribution in [2.45, 2.75) is 13.0 Å². The third kappa shape index (κ3) is 3.85. The Morgan fingerprint density at radius 1 is 1.19 bits per heavy atom. The molecule has 1 heterocycles. The number of rotatable bonds is 4. The number of carbonyl (C=O) groups excluding carboxylic acids is 1. The molecule has 0 bridgehead atoms. The Morgan fingerprint density at radius 3 is 2.29 bits per heavy atom. The maximum atomic E-state index is 12.3. The molecule has 6 heteroatoms. The molecule has 0 aliphatic heterocycles. The maximum Gasteiger partial charge on any atom is 0.333 e. The van der Waals surface area contributed by atoms with Crippen LogP contribution in [0.1, 0.15) is 18.5 Å². The quantitative estimate of drug-likeness (QED) is 0.470. The number of benzene rings is 1. The largest absolute Gasteiger partial charge is 0.464 e. The first kappa shape index (κ1) is 16.5. The molecule has 21 heavy (non-hydrogen) atoms. The first-order chi connectivity index (χ1) is 10.0. The smallest absolute Gasteiger partial charge is 0.333 e. The van der Waals surface area contributed by atoms with E-state index in [1.54, 1.807) is 23.9 Å². The van der Waals surface area contributed by atoms with E-state index in [2.05, 4.69) is 0 Å². The number of nitrogens with zero attached hydrogens (tertiary/aromatic N) is 1. The average Bonchev–Trinajstić information content (AvgIpc) is 2.46. The van der Waals surface area contributed by atoms with Gasteiger partial charge in [0.1, 0.15) is 0 Å². The summed E-state index contributed by atoms with van der Waals surface area (Å²) in [5.74, 6) is -0.334. The van der Waals surface area contributed by atoms with Gasteiger partial charge >= 0.3 is 5.97 Å². The molecule has 2 rings (SSSR count). The summed E-state index contributed by atoms with van der Waals surface area (Å²) < 4.78 is 8.06. The lowest BCUT2D eigenvalue weighted by Crippen LogP contribution is -2.25. The number of esters is 1. The average molecular weight is 509 g/mol. The molecule has 0 fully saturated rings. The molecule has 0 N–H and O–H groups in total. The van der Waals surface area contributed by atoms with E-state index < -0.39 is 6.04 Å². The lowest BCUT2D eigenvalue weighted by molar-refractivity contribution is -0.145. The molecule has 1 aromatic heterocycles. The van der Waals surface area contributed by atoms with Gasteiger partial charge in [-0.2, -0.15) is 0 Å². The van der Waals surface area contributed by atoms with Gasteiger partial charge in [0.25, 0.3) is 0 Å². The third-order valence-corrected chi connectivity index (χ3v) is 4.42. The van der Waals surface area contributed by atoms with E-state index in [-0.39, 0.29) is 11.4 Å². The minimum Gasteiger partial charge on any atom is -0.464 e. The molecule has 0 radical (unpaired) electrons. The lowest BCUT2D eigenvalue weighted by atomic mass is 10.1. The van der Waals surface area contributed by atoms with Crippen molar-refractivity contribution in [3.63, 3.8) is 0 Å². The van der Waals surface area contributed by atoms with E-state index in [0.717, 1.165) is 5.56 Å². The number of halogens is 2. The van der Waals surface area contributed by atoms with E-state index in [0.29, 0.717) is 13.7 Å². The van der Waals surface area contributed by atoms with Crippen molar-refractivity contribution < 1.29 is 9.53 Å². The molecule has 1 aromatic carbocycles. The van der Waals surface area contributed by atoms with Crippen LogP contribution in [0.15, 0.2) is 47.5 Å². The fourth-order valence-electron chi connectivity index (χ4n) is 1.97. The Hall–Kier alpha value is -0.900. The highest BCUT2D eigenvalue weighted by Gasteiger charge is 2.24. The van der Waals surface area contributed by atoms with Crippen LogP contribution in [0, 0.1) is 7.14 Å². The predicted molar refractivity (Wildman–Crippen MR) is 97.4 cm³/mol. The molecule has 0 saturated heterocycles. The van der Waals surface area contributed by atoms with Crippen LogP contribution in [-0.2, 0) is 9.53 Å². The summed E-state index contributed by atoms with van der Waals surface area (Å²) in [7, 11) is 0. The van der Waals surface area contributed by atoms with E-state index in [1.165, 1.54) is 0 Å². The standard InChI is InChI=1S/C15H13I2NO3/c1-2-21-15(20)13(10-6-4-3-5-7-10)18-8-11(16)14(19)12(17)9-18/h3-9,13H,2H2,1H3/t13-/m0/s1. The Balaban J connectivity index is 2.55. The molecular formula is C15H13I2NO3. The molecule has 1 atom stereocenters. The van der Waals surface area contributed by atoms with Crippen molar-refractivity contribution in [1.29, 1.82) is 0 Å². The van der Waals surface area contributed by atoms with E-state index >= 15 is 0 Å². The molecule has 0 spiro atoms. The van der Waals surface area contributed by atoms with Crippen LogP contribution in [0.5, 0.6) is 0 Å². The van der Waals surface area contributed by atoms with Crippen LogP contribution in [0.4, 0.5) is 0 Å². The van der Waals surface area contributed by atoms with Crippen molar-refractivity contribution in [2.24, 2.45) is 0 Å². The molecule has 0 amide bonds. The minimum atomic E-state index is -0.589. The Morgan fingerprint density at radius 2 is 1.76 bits per heavy atom. The molecule has 0 aliphatic rings. The SMILES string of the molecule is CCOC(=O)[C@H](c1ccccc1)n1cc(I)c(=O)c(I)c1. The summed E-state index contributed by atoms with van der Waals surface area (Å²) in [6, 6.07) is 8.80. The summed E-state index contributed by atoms with van der Waals surface area (Å²) in [5.41, 5.74) is 0.800. The summed E-state index contributed by atoms with van der Waals surface area (Å²) in [6.45, 7) is 2.09. The van der Waals surface area contributed by atoms with Crippen LogP contribution in [0.25, 0.3) is 0 Å². The highest BCUT2D eigenvalue weighted by molar-refractivity contribution is 14.1. The van der Waals surface area contributed by atoms with Gasteiger partial charge in [0.2, 0.25) is 5.43 Å². The molecule has 110 valence electrons. The summed E-state index contributed by atoms with van der Waals surface area (Å²) in [4.78, 5) is 24.2. The van der Waals surface area contributed by atoms with E-state index in [4.69, 9.17) is 4.74 Å². The first-order valence-electron chi connectivity index (χ1n) is 6.33. The van der Waals surface area contributed by atoms with Crippen molar-refractivity contribution in [1.82, 2.24) is 4.57 Å². The topological polar surface area (TPSA) is 48.3 Å². The van der Waals surface area contributed by atoms with Gasteiger partial charge in [0.05, 0.1) is 13.7 Å². The van der Waals surface area contributed by atoms with Crippen LogP contribution in [0.2, 0.25) is 0 Å². The van der Waals surface area contributed by atoms with Crippen molar-refractivity contribution >= 4 is 51.2 Å². The van der Waals surface area contributed by atoms with Gasteiger partial charge in [-0.1, -0.05) is 30.3 Å². The molecule has 4 nitrogen and oxygen atoms in total. The van der Waals surface area contributed by atoms with Gasteiger partial charge < -0.3 is 9.30 Å². The number of aromatic nitrogens is 1. The second-order valence-electron chi connectivity index (χ2n) is 4.30. The second kappa shape index (κ2) is 7.39. The minimum absolute atomic E-state index is 0.0249. The van der Waals surface area contributed by atoms with Gasteiger partial charge in [0.15, 0.2) is 6.04 Å². The Bertz CT molecular complexity index is 672. The zero-order chi connectivity index (χ0) is 15.4. The maximum absolute atomic E-state index is 12.3. The summed E-state index contributed by atoms with van der Waals surface area (Å²) >= 11 is 3.97.